The average Bonchev–Trinajstić information content (AvgIpc) is 3.74. The highest BCUT2D eigenvalue weighted by molar-refractivity contribution is 7.28. The van der Waals surface area contributed by atoms with Crippen LogP contribution < -0.4 is 21.1 Å². The van der Waals surface area contributed by atoms with E-state index in [2.05, 4.69) is 25.6 Å². The standard InChI is InChI=1S/C25H34ClN4O4P.C2H6/c1-3-25(24(32)29-11-16-13-33-16)7-9-30(10-8-25)23(31)17-12-28-22(27)20(21(17)35)34-14-18-15(2)5-4-6-19(18)26;1-2/h5,12,16H,3-4,6-11,13-14,35H2,1-2H3,(H2,27,28)(H,29,32);1-2H3. The Kier molecular flexibility index (Phi) is 10.4. The fraction of sp³-hybridized carbons (Fsp3) is 0.593. The largest absolute Gasteiger partial charge is 0.484 e. The SMILES string of the molecule is CC.CCC1(C(=O)NCC2CO2)CCN(C(=O)c2cnc(N)c(OCC3=C(Cl)CCC=C3C)c2P)CC1. The summed E-state index contributed by atoms with van der Waals surface area (Å²) in [6, 6.07) is 0. The predicted molar refractivity (Wildman–Crippen MR) is 151 cm³/mol. The van der Waals surface area contributed by atoms with Gasteiger partial charge < -0.3 is 25.4 Å². The Bertz CT molecular complexity index is 1060. The molecule has 2 atom stereocenters. The van der Waals surface area contributed by atoms with Gasteiger partial charge in [0, 0.05) is 41.7 Å². The lowest BCUT2D eigenvalue weighted by molar-refractivity contribution is -0.134. The number of allylic oxidation sites excluding steroid dienone is 2. The summed E-state index contributed by atoms with van der Waals surface area (Å²) in [5.41, 5.74) is 8.10. The molecule has 2 aliphatic heterocycles. The Morgan fingerprint density at radius 2 is 2.03 bits per heavy atom. The minimum Gasteiger partial charge on any atom is -0.484 e. The second-order valence-corrected chi connectivity index (χ2v) is 10.5. The zero-order chi connectivity index (χ0) is 27.2. The van der Waals surface area contributed by atoms with Gasteiger partial charge in [0.15, 0.2) is 11.6 Å². The van der Waals surface area contributed by atoms with Crippen LogP contribution in [0.4, 0.5) is 5.82 Å². The van der Waals surface area contributed by atoms with Crippen molar-refractivity contribution in [1.82, 2.24) is 15.2 Å². The van der Waals surface area contributed by atoms with E-state index in [9.17, 15) is 9.59 Å². The molecule has 8 nitrogen and oxygen atoms in total. The number of hydrogen-bond acceptors (Lipinski definition) is 6. The van der Waals surface area contributed by atoms with Gasteiger partial charge in [0.05, 0.1) is 23.7 Å². The van der Waals surface area contributed by atoms with Gasteiger partial charge in [-0.2, -0.15) is 0 Å². The topological polar surface area (TPSA) is 110 Å². The van der Waals surface area contributed by atoms with Gasteiger partial charge in [-0.25, -0.2) is 4.98 Å². The number of nitrogens with two attached hydrogens (primary N) is 1. The fourth-order valence-electron chi connectivity index (χ4n) is 4.71. The summed E-state index contributed by atoms with van der Waals surface area (Å²) in [7, 11) is 2.58. The number of ether oxygens (including phenoxy) is 2. The molecule has 2 fully saturated rings. The highest BCUT2D eigenvalue weighted by Gasteiger charge is 2.41. The van der Waals surface area contributed by atoms with E-state index in [0.29, 0.717) is 55.7 Å². The lowest BCUT2D eigenvalue weighted by Gasteiger charge is -2.40. The summed E-state index contributed by atoms with van der Waals surface area (Å²) in [6.07, 6.45) is 7.45. The van der Waals surface area contributed by atoms with E-state index in [1.165, 1.54) is 6.20 Å². The molecule has 0 aromatic carbocycles. The molecule has 204 valence electrons. The molecule has 2 amide bonds. The van der Waals surface area contributed by atoms with Gasteiger partial charge in [-0.3, -0.25) is 9.59 Å². The number of nitrogens with zero attached hydrogens (tertiary/aromatic N) is 2. The van der Waals surface area contributed by atoms with Crippen molar-refractivity contribution in [3.8, 4) is 5.75 Å². The molecular weight excluding hydrogens is 511 g/mol. The van der Waals surface area contributed by atoms with Crippen molar-refractivity contribution in [2.75, 3.05) is 38.6 Å². The van der Waals surface area contributed by atoms with Crippen LogP contribution in [0, 0.1) is 5.41 Å². The van der Waals surface area contributed by atoms with Crippen molar-refractivity contribution < 1.29 is 19.1 Å². The van der Waals surface area contributed by atoms with Gasteiger partial charge in [0.2, 0.25) is 5.91 Å². The summed E-state index contributed by atoms with van der Waals surface area (Å²) in [6.45, 7) is 10.6. The Morgan fingerprint density at radius 3 is 2.62 bits per heavy atom. The first-order chi connectivity index (χ1) is 17.8. The number of hydrogen-bond donors (Lipinski definition) is 2. The van der Waals surface area contributed by atoms with Gasteiger partial charge in [0.25, 0.3) is 5.91 Å². The molecule has 0 radical (unpaired) electrons. The summed E-state index contributed by atoms with van der Waals surface area (Å²) in [5, 5.41) is 4.39. The zero-order valence-corrected chi connectivity index (χ0v) is 24.3. The van der Waals surface area contributed by atoms with Gasteiger partial charge in [-0.1, -0.05) is 38.4 Å². The Morgan fingerprint density at radius 1 is 1.35 bits per heavy atom. The Labute approximate surface area is 227 Å². The molecule has 4 rings (SSSR count). The number of amides is 2. The number of epoxide rings is 1. The van der Waals surface area contributed by atoms with Crippen LogP contribution >= 0.6 is 20.8 Å². The van der Waals surface area contributed by atoms with E-state index in [1.807, 2.05) is 27.7 Å². The van der Waals surface area contributed by atoms with Crippen molar-refractivity contribution in [3.63, 3.8) is 0 Å². The van der Waals surface area contributed by atoms with Gasteiger partial charge in [0.1, 0.15) is 6.61 Å². The van der Waals surface area contributed by atoms with Gasteiger partial charge in [-0.05, 0) is 44.6 Å². The second-order valence-electron chi connectivity index (χ2n) is 9.49. The average molecular weight is 551 g/mol. The van der Waals surface area contributed by atoms with Crippen LogP contribution in [0.5, 0.6) is 5.75 Å². The Hall–Kier alpha value is -2.15. The number of nitrogen functional groups attached to an aromatic ring is 1. The molecule has 3 aliphatic rings. The third-order valence-electron chi connectivity index (χ3n) is 7.37. The Balaban J connectivity index is 0.00000186. The maximum atomic E-state index is 13.4. The molecule has 2 unspecified atom stereocenters. The molecule has 3 heterocycles. The number of nitrogens with one attached hydrogen (secondary N) is 1. The molecular formula is C27H40ClN4O4P. The van der Waals surface area contributed by atoms with Crippen molar-refractivity contribution in [3.05, 3.63) is 34.0 Å². The lowest BCUT2D eigenvalue weighted by Crippen LogP contribution is -2.50. The molecule has 10 heteroatoms. The number of halogens is 1. The minimum atomic E-state index is -0.457. The maximum Gasteiger partial charge on any atom is 0.256 e. The van der Waals surface area contributed by atoms with E-state index >= 15 is 0 Å². The van der Waals surface area contributed by atoms with Crippen molar-refractivity contribution >= 4 is 43.8 Å². The highest BCUT2D eigenvalue weighted by Crippen LogP contribution is 2.36. The van der Waals surface area contributed by atoms with E-state index in [1.54, 1.807) is 4.90 Å². The van der Waals surface area contributed by atoms with Crippen LogP contribution in [-0.4, -0.2) is 60.7 Å². The number of pyridine rings is 1. The van der Waals surface area contributed by atoms with Crippen LogP contribution in [-0.2, 0) is 9.53 Å². The number of carbonyl (C=O) groups is 2. The molecule has 1 aliphatic carbocycles. The molecule has 3 N–H and O–H groups in total. The minimum absolute atomic E-state index is 0.0548. The third-order valence-corrected chi connectivity index (χ3v) is 8.36. The summed E-state index contributed by atoms with van der Waals surface area (Å²) in [4.78, 5) is 32.3. The first-order valence-corrected chi connectivity index (χ1v) is 14.1. The first-order valence-electron chi connectivity index (χ1n) is 13.2. The van der Waals surface area contributed by atoms with Crippen LogP contribution in [0.3, 0.4) is 0 Å². The first kappa shape index (κ1) is 29.4. The molecule has 0 saturated carbocycles. The highest BCUT2D eigenvalue weighted by atomic mass is 35.5. The van der Waals surface area contributed by atoms with Crippen LogP contribution in [0.15, 0.2) is 28.5 Å². The zero-order valence-electron chi connectivity index (χ0n) is 22.4. The van der Waals surface area contributed by atoms with E-state index in [-0.39, 0.29) is 30.3 Å². The van der Waals surface area contributed by atoms with Crippen molar-refractivity contribution in [2.24, 2.45) is 5.41 Å². The summed E-state index contributed by atoms with van der Waals surface area (Å²) < 4.78 is 11.2. The molecule has 2 saturated heterocycles. The molecule has 37 heavy (non-hydrogen) atoms. The smallest absolute Gasteiger partial charge is 0.256 e. The number of carbonyl (C=O) groups excluding carboxylic acids is 2. The molecule has 0 spiro atoms. The fourth-order valence-corrected chi connectivity index (χ4v) is 5.46. The van der Waals surface area contributed by atoms with Crippen molar-refractivity contribution in [1.29, 1.82) is 0 Å². The summed E-state index contributed by atoms with van der Waals surface area (Å²) >= 11 is 6.41. The van der Waals surface area contributed by atoms with Gasteiger partial charge in [-0.15, -0.1) is 9.24 Å². The lowest BCUT2D eigenvalue weighted by atomic mass is 9.75. The number of rotatable bonds is 8. The number of likely N-dealkylation sites (tertiary alicyclic amines) is 1. The number of anilines is 1. The monoisotopic (exact) mass is 550 g/mol. The van der Waals surface area contributed by atoms with Crippen molar-refractivity contribution in [2.45, 2.75) is 65.9 Å². The van der Waals surface area contributed by atoms with Crippen LogP contribution in [0.2, 0.25) is 0 Å². The number of aromatic nitrogens is 1. The third kappa shape index (κ3) is 6.84. The van der Waals surface area contributed by atoms with E-state index < -0.39 is 5.41 Å². The van der Waals surface area contributed by atoms with Gasteiger partial charge >= 0.3 is 0 Å². The quantitative estimate of drug-likeness (QED) is 0.375. The van der Waals surface area contributed by atoms with Crippen LogP contribution in [0.25, 0.3) is 0 Å². The molecule has 1 aromatic rings. The molecule has 1 aromatic heterocycles. The second kappa shape index (κ2) is 13.1. The molecule has 0 bridgehead atoms. The maximum absolute atomic E-state index is 13.4. The normalized spacial score (nSPS) is 20.4. The van der Waals surface area contributed by atoms with E-state index in [0.717, 1.165) is 35.4 Å². The predicted octanol–water partition coefficient (Wildman–Crippen LogP) is 3.95. The summed E-state index contributed by atoms with van der Waals surface area (Å²) in [5.74, 6) is 0.507. The number of piperidine rings is 1. The van der Waals surface area contributed by atoms with Crippen LogP contribution in [0.1, 0.15) is 70.2 Å². The van der Waals surface area contributed by atoms with E-state index in [4.69, 9.17) is 26.8 Å².